The maximum atomic E-state index is 13.2. The van der Waals surface area contributed by atoms with E-state index in [1.807, 2.05) is 12.1 Å². The molecule has 2 aliphatic heterocycles. The van der Waals surface area contributed by atoms with Crippen LogP contribution in [0, 0.1) is 0 Å². The van der Waals surface area contributed by atoms with E-state index in [0.29, 0.717) is 24.2 Å². The van der Waals surface area contributed by atoms with E-state index in [4.69, 9.17) is 4.74 Å². The summed E-state index contributed by atoms with van der Waals surface area (Å²) in [6, 6.07) is 6.42. The first-order valence-electron chi connectivity index (χ1n) is 8.07. The molecule has 3 heterocycles. The Hall–Kier alpha value is -2.80. The second-order valence-corrected chi connectivity index (χ2v) is 6.38. The fraction of sp³-hybridized carbons (Fsp3) is 0.333. The number of methoxy groups -OCH3 is 1. The van der Waals surface area contributed by atoms with Crippen LogP contribution in [0.5, 0.6) is 11.5 Å². The average molecular weight is 341 g/mol. The molecule has 0 saturated heterocycles. The van der Waals surface area contributed by atoms with Gasteiger partial charge in [0, 0.05) is 19.3 Å². The van der Waals surface area contributed by atoms with Crippen LogP contribution in [0.15, 0.2) is 30.5 Å². The Balaban J connectivity index is 1.85. The number of fused-ring (bicyclic) bond motifs is 3. The smallest absolute Gasteiger partial charge is 0.256 e. The van der Waals surface area contributed by atoms with E-state index >= 15 is 0 Å². The maximum absolute atomic E-state index is 13.2. The van der Waals surface area contributed by atoms with Crippen LogP contribution in [0.25, 0.3) is 0 Å². The quantitative estimate of drug-likeness (QED) is 0.809. The summed E-state index contributed by atoms with van der Waals surface area (Å²) in [6.45, 7) is 0.340. The van der Waals surface area contributed by atoms with Crippen LogP contribution in [0.3, 0.4) is 0 Å². The van der Waals surface area contributed by atoms with Crippen LogP contribution >= 0.6 is 0 Å². The molecule has 0 radical (unpaired) electrons. The van der Waals surface area contributed by atoms with Crippen molar-refractivity contribution in [2.45, 2.75) is 25.2 Å². The van der Waals surface area contributed by atoms with Crippen molar-refractivity contribution in [1.82, 2.24) is 9.88 Å². The number of ether oxygens (including phenoxy) is 1. The van der Waals surface area contributed by atoms with Gasteiger partial charge in [-0.25, -0.2) is 0 Å². The van der Waals surface area contributed by atoms with Gasteiger partial charge < -0.3 is 24.7 Å². The number of carbonyl (C=O) groups excluding carboxylic acids is 1. The molecule has 0 bridgehead atoms. The van der Waals surface area contributed by atoms with Gasteiger partial charge in [-0.3, -0.25) is 9.78 Å². The average Bonchev–Trinajstić information content (AvgIpc) is 2.70. The number of benzene rings is 1. The van der Waals surface area contributed by atoms with Gasteiger partial charge in [0.25, 0.3) is 5.91 Å². The van der Waals surface area contributed by atoms with Crippen LogP contribution < -0.4 is 9.64 Å². The lowest BCUT2D eigenvalue weighted by Crippen LogP contribution is -2.53. The number of rotatable bonds is 1. The van der Waals surface area contributed by atoms with Gasteiger partial charge >= 0.3 is 0 Å². The Bertz CT molecular complexity index is 854. The molecule has 0 aliphatic carbocycles. The zero-order valence-corrected chi connectivity index (χ0v) is 14.0. The topological polar surface area (TPSA) is 86.1 Å². The van der Waals surface area contributed by atoms with Gasteiger partial charge in [-0.2, -0.15) is 0 Å². The summed E-state index contributed by atoms with van der Waals surface area (Å²) in [7, 11) is 3.15. The van der Waals surface area contributed by atoms with Gasteiger partial charge in [0.15, 0.2) is 11.5 Å². The van der Waals surface area contributed by atoms with E-state index in [2.05, 4.69) is 4.98 Å². The zero-order chi connectivity index (χ0) is 17.7. The number of nitrogens with zero attached hydrogens (tertiary/aromatic N) is 3. The van der Waals surface area contributed by atoms with Gasteiger partial charge in [-0.1, -0.05) is 6.07 Å². The molecule has 7 heteroatoms. The number of aliphatic hydroxyl groups is 1. The van der Waals surface area contributed by atoms with Crippen LogP contribution in [-0.2, 0) is 13.0 Å². The largest absolute Gasteiger partial charge is 0.504 e. The molecule has 25 heavy (non-hydrogen) atoms. The fourth-order valence-corrected chi connectivity index (χ4v) is 3.64. The Kier molecular flexibility index (Phi) is 3.54. The molecule has 1 unspecified atom stereocenters. The summed E-state index contributed by atoms with van der Waals surface area (Å²) in [5, 5.41) is 20.9. The Morgan fingerprint density at radius 2 is 2.16 bits per heavy atom. The third-order valence-electron chi connectivity index (χ3n) is 5.04. The second kappa shape index (κ2) is 5.63. The number of aromatic nitrogens is 1. The molecule has 1 aromatic heterocycles. The molecule has 1 aromatic carbocycles. The fourth-order valence-electron chi connectivity index (χ4n) is 3.64. The lowest BCUT2D eigenvalue weighted by Gasteiger charge is -2.39. The van der Waals surface area contributed by atoms with Crippen molar-refractivity contribution < 1.29 is 19.7 Å². The van der Waals surface area contributed by atoms with Crippen LogP contribution in [0.2, 0.25) is 0 Å². The summed E-state index contributed by atoms with van der Waals surface area (Å²) in [4.78, 5) is 20.8. The van der Waals surface area contributed by atoms with E-state index in [1.54, 1.807) is 23.0 Å². The number of pyridine rings is 1. The lowest BCUT2D eigenvalue weighted by atomic mass is 9.96. The maximum Gasteiger partial charge on any atom is 0.256 e. The number of aromatic hydroxyl groups is 1. The highest BCUT2D eigenvalue weighted by Gasteiger charge is 2.41. The monoisotopic (exact) mass is 341 g/mol. The third kappa shape index (κ3) is 2.31. The molecule has 4 rings (SSSR count). The van der Waals surface area contributed by atoms with Gasteiger partial charge in [0.2, 0.25) is 0 Å². The Morgan fingerprint density at radius 3 is 2.92 bits per heavy atom. The van der Waals surface area contributed by atoms with Gasteiger partial charge in [0.1, 0.15) is 6.23 Å². The molecule has 0 saturated carbocycles. The number of phenolic OH excluding ortho intramolecular Hbond substituents is 1. The molecule has 2 aromatic rings. The summed E-state index contributed by atoms with van der Waals surface area (Å²) >= 11 is 0. The van der Waals surface area contributed by atoms with Crippen molar-refractivity contribution >= 4 is 11.6 Å². The standard InChI is InChI=1S/C18H19N3O4/c1-20-13-8-15(22)16(25-2)7-11(13)17(23)21-9-12-10(4-3-5-19-12)6-14(21)18(20)24/h3-5,7-8,14,18,22,24H,6,9H2,1-2H3/t14-,18?/m0/s1. The molecule has 2 aliphatic rings. The zero-order valence-electron chi connectivity index (χ0n) is 14.0. The van der Waals surface area contributed by atoms with E-state index in [0.717, 1.165) is 11.3 Å². The molecular formula is C18H19N3O4. The lowest BCUT2D eigenvalue weighted by molar-refractivity contribution is 0.0319. The number of anilines is 1. The van der Waals surface area contributed by atoms with Crippen LogP contribution in [0.1, 0.15) is 21.6 Å². The number of phenols is 1. The van der Waals surface area contributed by atoms with Crippen molar-refractivity contribution in [3.8, 4) is 11.5 Å². The Morgan fingerprint density at radius 1 is 1.36 bits per heavy atom. The Labute approximate surface area is 145 Å². The highest BCUT2D eigenvalue weighted by Crippen LogP contribution is 2.39. The first-order valence-corrected chi connectivity index (χ1v) is 8.07. The van der Waals surface area contributed by atoms with Crippen LogP contribution in [0.4, 0.5) is 5.69 Å². The number of aliphatic hydroxyl groups excluding tert-OH is 1. The minimum absolute atomic E-state index is 0.0714. The van der Waals surface area contributed by atoms with Crippen molar-refractivity contribution in [2.75, 3.05) is 19.1 Å². The minimum atomic E-state index is -0.897. The number of amides is 1. The van der Waals surface area contributed by atoms with Gasteiger partial charge in [0.05, 0.1) is 36.6 Å². The summed E-state index contributed by atoms with van der Waals surface area (Å²) < 4.78 is 5.14. The number of hydrogen-bond acceptors (Lipinski definition) is 6. The van der Waals surface area contributed by atoms with Crippen molar-refractivity contribution in [3.63, 3.8) is 0 Å². The van der Waals surface area contributed by atoms with E-state index in [1.165, 1.54) is 19.2 Å². The van der Waals surface area contributed by atoms with Crippen molar-refractivity contribution in [2.24, 2.45) is 0 Å². The molecule has 7 nitrogen and oxygen atoms in total. The number of likely N-dealkylation sites (N-methyl/N-ethyl adjacent to an activating group) is 1. The third-order valence-corrected chi connectivity index (χ3v) is 5.04. The van der Waals surface area contributed by atoms with E-state index in [9.17, 15) is 15.0 Å². The number of carbonyl (C=O) groups is 1. The van der Waals surface area contributed by atoms with Crippen molar-refractivity contribution in [3.05, 3.63) is 47.3 Å². The first kappa shape index (κ1) is 15.7. The molecule has 1 amide bonds. The minimum Gasteiger partial charge on any atom is -0.504 e. The van der Waals surface area contributed by atoms with E-state index in [-0.39, 0.29) is 17.4 Å². The molecule has 0 spiro atoms. The number of hydrogen-bond donors (Lipinski definition) is 2. The predicted molar refractivity (Wildman–Crippen MR) is 90.7 cm³/mol. The molecular weight excluding hydrogens is 322 g/mol. The summed E-state index contributed by atoms with van der Waals surface area (Å²) in [5.41, 5.74) is 2.74. The second-order valence-electron chi connectivity index (χ2n) is 6.38. The van der Waals surface area contributed by atoms with Crippen molar-refractivity contribution in [1.29, 1.82) is 0 Å². The highest BCUT2D eigenvalue weighted by molar-refractivity contribution is 6.01. The van der Waals surface area contributed by atoms with Crippen LogP contribution in [-0.4, -0.2) is 52.4 Å². The highest BCUT2D eigenvalue weighted by atomic mass is 16.5. The molecule has 2 N–H and O–H groups in total. The molecule has 0 fully saturated rings. The molecule has 130 valence electrons. The SMILES string of the molecule is COc1cc2c(cc1O)N(C)C(O)[C@@H]1Cc3cccnc3CN1C2=O. The van der Waals surface area contributed by atoms with E-state index < -0.39 is 12.3 Å². The predicted octanol–water partition coefficient (Wildman–Crippen LogP) is 1.13. The summed E-state index contributed by atoms with van der Waals surface area (Å²) in [6.07, 6.45) is 1.34. The first-order chi connectivity index (χ1) is 12.0. The normalized spacial score (nSPS) is 22.0. The van der Waals surface area contributed by atoms with Gasteiger partial charge in [-0.05, 0) is 24.1 Å². The van der Waals surface area contributed by atoms with Gasteiger partial charge in [-0.15, -0.1) is 0 Å². The summed E-state index contributed by atoms with van der Waals surface area (Å²) in [5.74, 6) is -0.0556. The molecule has 2 atom stereocenters.